The summed E-state index contributed by atoms with van der Waals surface area (Å²) in [7, 11) is 0. The normalized spacial score (nSPS) is 13.5. The van der Waals surface area contributed by atoms with Crippen molar-refractivity contribution in [1.82, 2.24) is 4.98 Å². The Kier molecular flexibility index (Phi) is 2.91. The van der Waals surface area contributed by atoms with E-state index in [1.165, 1.54) is 0 Å². The lowest BCUT2D eigenvalue weighted by atomic mass is 10.5. The van der Waals surface area contributed by atoms with Crippen molar-refractivity contribution in [3.63, 3.8) is 0 Å². The minimum atomic E-state index is -0.906. The molecule has 0 saturated heterocycles. The molecule has 1 radical (unpaired) electrons. The van der Waals surface area contributed by atoms with Crippen LogP contribution in [0.4, 0.5) is 0 Å². The van der Waals surface area contributed by atoms with Crippen molar-refractivity contribution >= 4 is 11.2 Å². The molecule has 0 N–H and O–H groups in total. The third-order valence-corrected chi connectivity index (χ3v) is 2.83. The van der Waals surface area contributed by atoms with Crippen molar-refractivity contribution in [2.75, 3.05) is 0 Å². The van der Waals surface area contributed by atoms with Crippen LogP contribution in [0, 0.1) is 6.20 Å². The Morgan fingerprint density at radius 1 is 1.64 bits per heavy atom. The minimum absolute atomic E-state index is 0.158. The molecule has 1 unspecified atom stereocenters. The molecule has 0 aromatic carbocycles. The van der Waals surface area contributed by atoms with E-state index in [0.717, 1.165) is 4.90 Å². The van der Waals surface area contributed by atoms with Crippen molar-refractivity contribution in [1.29, 1.82) is 0 Å². The van der Waals surface area contributed by atoms with E-state index in [9.17, 15) is 4.55 Å². The fraction of sp³-hybridized carbons (Fsp3) is 0.375. The second-order valence-corrected chi connectivity index (χ2v) is 4.48. The van der Waals surface area contributed by atoms with Gasteiger partial charge in [-0.2, -0.15) is 0 Å². The van der Waals surface area contributed by atoms with Crippen LogP contribution >= 0.6 is 0 Å². The first-order valence-corrected chi connectivity index (χ1v) is 4.66. The van der Waals surface area contributed by atoms with E-state index in [2.05, 4.69) is 11.2 Å². The molecule has 11 heavy (non-hydrogen) atoms. The Morgan fingerprint density at radius 2 is 2.36 bits per heavy atom. The van der Waals surface area contributed by atoms with E-state index in [1.54, 1.807) is 18.3 Å². The topological polar surface area (TPSA) is 36.0 Å². The minimum Gasteiger partial charge on any atom is -0.611 e. The number of aromatic nitrogens is 1. The third kappa shape index (κ3) is 2.20. The van der Waals surface area contributed by atoms with Gasteiger partial charge in [-0.3, -0.25) is 4.98 Å². The maximum Gasteiger partial charge on any atom is 0.156 e. The molecule has 1 aromatic heterocycles. The molecule has 0 aliphatic rings. The SMILES string of the molecule is CC(C)[S+]([O-])c1c[c]ncc1. The highest BCUT2D eigenvalue weighted by Crippen LogP contribution is 2.13. The lowest BCUT2D eigenvalue weighted by Gasteiger charge is -2.12. The van der Waals surface area contributed by atoms with Gasteiger partial charge in [0.1, 0.15) is 5.25 Å². The molecule has 0 aliphatic carbocycles. The van der Waals surface area contributed by atoms with Gasteiger partial charge in [-0.25, -0.2) is 0 Å². The van der Waals surface area contributed by atoms with Gasteiger partial charge in [0, 0.05) is 18.3 Å². The lowest BCUT2D eigenvalue weighted by molar-refractivity contribution is 0.586. The summed E-state index contributed by atoms with van der Waals surface area (Å²) in [5.41, 5.74) is 0. The highest BCUT2D eigenvalue weighted by molar-refractivity contribution is 7.92. The molecule has 1 rings (SSSR count). The molecule has 1 atom stereocenters. The van der Waals surface area contributed by atoms with E-state index in [1.807, 2.05) is 13.8 Å². The largest absolute Gasteiger partial charge is 0.611 e. The van der Waals surface area contributed by atoms with Gasteiger partial charge in [0.15, 0.2) is 4.90 Å². The second kappa shape index (κ2) is 3.74. The average Bonchev–Trinajstić information content (AvgIpc) is 2.05. The Hall–Kier alpha value is -0.540. The predicted molar refractivity (Wildman–Crippen MR) is 44.6 cm³/mol. The molecule has 0 saturated carbocycles. The van der Waals surface area contributed by atoms with Crippen LogP contribution in [-0.2, 0) is 11.2 Å². The summed E-state index contributed by atoms with van der Waals surface area (Å²) in [6.07, 6.45) is 4.26. The summed E-state index contributed by atoms with van der Waals surface area (Å²) in [4.78, 5) is 4.53. The quantitative estimate of drug-likeness (QED) is 0.626. The van der Waals surface area contributed by atoms with E-state index >= 15 is 0 Å². The van der Waals surface area contributed by atoms with Gasteiger partial charge in [-0.15, -0.1) is 0 Å². The number of rotatable bonds is 2. The van der Waals surface area contributed by atoms with Crippen LogP contribution < -0.4 is 0 Å². The number of hydrogen-bond donors (Lipinski definition) is 0. The van der Waals surface area contributed by atoms with Crippen LogP contribution in [0.25, 0.3) is 0 Å². The van der Waals surface area contributed by atoms with Crippen molar-refractivity contribution in [2.45, 2.75) is 24.0 Å². The van der Waals surface area contributed by atoms with Gasteiger partial charge >= 0.3 is 0 Å². The van der Waals surface area contributed by atoms with Crippen molar-refractivity contribution in [3.8, 4) is 0 Å². The first kappa shape index (κ1) is 8.56. The Bertz CT molecular complexity index is 213. The van der Waals surface area contributed by atoms with Crippen LogP contribution in [0.5, 0.6) is 0 Å². The van der Waals surface area contributed by atoms with Gasteiger partial charge in [0.2, 0.25) is 0 Å². The third-order valence-electron chi connectivity index (χ3n) is 1.26. The van der Waals surface area contributed by atoms with E-state index in [0.29, 0.717) is 0 Å². The predicted octanol–water partition coefficient (Wildman–Crippen LogP) is 1.40. The molecule has 1 heterocycles. The Balaban J connectivity index is 2.77. The zero-order chi connectivity index (χ0) is 8.27. The first-order chi connectivity index (χ1) is 5.22. The van der Waals surface area contributed by atoms with Gasteiger partial charge in [-0.05, 0) is 25.0 Å². The molecule has 59 valence electrons. The molecular weight excluding hydrogens is 158 g/mol. The molecule has 0 fully saturated rings. The van der Waals surface area contributed by atoms with Gasteiger partial charge < -0.3 is 4.55 Å². The van der Waals surface area contributed by atoms with Crippen molar-refractivity contribution in [2.24, 2.45) is 0 Å². The molecule has 1 aromatic rings. The molecule has 0 spiro atoms. The summed E-state index contributed by atoms with van der Waals surface area (Å²) in [5, 5.41) is 0.158. The van der Waals surface area contributed by atoms with E-state index < -0.39 is 11.2 Å². The zero-order valence-electron chi connectivity index (χ0n) is 6.57. The number of nitrogens with zero attached hydrogens (tertiary/aromatic N) is 1. The van der Waals surface area contributed by atoms with Crippen LogP contribution in [0.1, 0.15) is 13.8 Å². The molecule has 0 aliphatic heterocycles. The summed E-state index contributed by atoms with van der Waals surface area (Å²) < 4.78 is 11.4. The monoisotopic (exact) mass is 168 g/mol. The molecule has 0 bridgehead atoms. The smallest absolute Gasteiger partial charge is 0.156 e. The van der Waals surface area contributed by atoms with Crippen LogP contribution in [0.3, 0.4) is 0 Å². The van der Waals surface area contributed by atoms with E-state index in [4.69, 9.17) is 0 Å². The second-order valence-electron chi connectivity index (χ2n) is 2.47. The lowest BCUT2D eigenvalue weighted by Crippen LogP contribution is -2.13. The molecule has 3 heteroatoms. The van der Waals surface area contributed by atoms with E-state index in [-0.39, 0.29) is 5.25 Å². The fourth-order valence-electron chi connectivity index (χ4n) is 0.700. The maximum atomic E-state index is 11.4. The highest BCUT2D eigenvalue weighted by Gasteiger charge is 2.13. The summed E-state index contributed by atoms with van der Waals surface area (Å²) in [6.45, 7) is 3.85. The summed E-state index contributed by atoms with van der Waals surface area (Å²) >= 11 is -0.906. The zero-order valence-corrected chi connectivity index (χ0v) is 7.39. The highest BCUT2D eigenvalue weighted by atomic mass is 32.2. The number of hydrogen-bond acceptors (Lipinski definition) is 2. The molecular formula is C8H10NOS. The first-order valence-electron chi connectivity index (χ1n) is 3.44. The van der Waals surface area contributed by atoms with Crippen molar-refractivity contribution < 1.29 is 4.55 Å². The molecule has 2 nitrogen and oxygen atoms in total. The van der Waals surface area contributed by atoms with Crippen LogP contribution in [0.15, 0.2) is 23.2 Å². The van der Waals surface area contributed by atoms with Crippen molar-refractivity contribution in [3.05, 3.63) is 24.5 Å². The van der Waals surface area contributed by atoms with Gasteiger partial charge in [-0.1, -0.05) is 0 Å². The summed E-state index contributed by atoms with van der Waals surface area (Å²) in [5.74, 6) is 0. The van der Waals surface area contributed by atoms with Gasteiger partial charge in [0.05, 0.1) is 6.20 Å². The maximum absolute atomic E-state index is 11.4. The standard InChI is InChI=1S/C8H10NOS/c1-7(2)11(10)8-3-5-9-6-4-8/h3-5,7H,1-2H3. The summed E-state index contributed by atoms with van der Waals surface area (Å²) in [6, 6.07) is 3.42. The van der Waals surface area contributed by atoms with Gasteiger partial charge in [0.25, 0.3) is 0 Å². The van der Waals surface area contributed by atoms with Crippen LogP contribution in [-0.4, -0.2) is 14.8 Å². The number of pyridine rings is 1. The van der Waals surface area contributed by atoms with Crippen LogP contribution in [0.2, 0.25) is 0 Å². The Morgan fingerprint density at radius 3 is 2.82 bits per heavy atom. The fourth-order valence-corrected chi connectivity index (χ4v) is 1.61. The molecule has 0 amide bonds. The average molecular weight is 168 g/mol. The Labute approximate surface area is 69.8 Å².